The molecule has 6 rings (SSSR count). The van der Waals surface area contributed by atoms with Gasteiger partial charge in [-0.1, -0.05) is 81.0 Å². The van der Waals surface area contributed by atoms with E-state index in [4.69, 9.17) is 4.74 Å². The van der Waals surface area contributed by atoms with Crippen LogP contribution in [0.5, 0.6) is 0 Å². The number of rotatable bonds is 5. The highest BCUT2D eigenvalue weighted by atomic mass is 16.5. The minimum absolute atomic E-state index is 0.0205. The van der Waals surface area contributed by atoms with Crippen LogP contribution in [0.1, 0.15) is 88.1 Å². The van der Waals surface area contributed by atoms with Gasteiger partial charge in [-0.25, -0.2) is 4.79 Å². The van der Waals surface area contributed by atoms with E-state index in [1.165, 1.54) is 44.1 Å². The van der Waals surface area contributed by atoms with Crippen molar-refractivity contribution in [1.82, 2.24) is 0 Å². The Hall–Kier alpha value is -2.35. The van der Waals surface area contributed by atoms with Crippen LogP contribution in [0.3, 0.4) is 0 Å². The van der Waals surface area contributed by atoms with Crippen LogP contribution in [0, 0.1) is 40.4 Å². The van der Waals surface area contributed by atoms with Crippen LogP contribution in [0.4, 0.5) is 0 Å². The Labute approximate surface area is 223 Å². The van der Waals surface area contributed by atoms with Crippen molar-refractivity contribution in [3.05, 3.63) is 83.4 Å². The minimum Gasteiger partial charge on any atom is -0.458 e. The van der Waals surface area contributed by atoms with Crippen LogP contribution in [0.2, 0.25) is 0 Å². The lowest BCUT2D eigenvalue weighted by molar-refractivity contribution is -0.0588. The number of benzene rings is 2. The Morgan fingerprint density at radius 2 is 1.65 bits per heavy atom. The molecule has 0 amide bonds. The first kappa shape index (κ1) is 25.0. The largest absolute Gasteiger partial charge is 0.458 e. The second-order valence-electron chi connectivity index (χ2n) is 13.3. The van der Waals surface area contributed by atoms with E-state index >= 15 is 0 Å². The third-order valence-corrected chi connectivity index (χ3v) is 11.5. The van der Waals surface area contributed by atoms with Gasteiger partial charge in [-0.05, 0) is 109 Å². The summed E-state index contributed by atoms with van der Waals surface area (Å²) in [5, 5.41) is 0. The highest BCUT2D eigenvalue weighted by Crippen LogP contribution is 2.67. The molecule has 0 radical (unpaired) electrons. The second kappa shape index (κ2) is 9.75. The normalized spacial score (nSPS) is 37.5. The second-order valence-corrected chi connectivity index (χ2v) is 13.3. The molecule has 2 aromatic carbocycles. The van der Waals surface area contributed by atoms with Gasteiger partial charge < -0.3 is 4.74 Å². The Kier molecular flexibility index (Phi) is 6.58. The average Bonchev–Trinajstić information content (AvgIpc) is 3.27. The van der Waals surface area contributed by atoms with Crippen molar-refractivity contribution in [2.24, 2.45) is 40.4 Å². The fourth-order valence-corrected chi connectivity index (χ4v) is 9.63. The summed E-state index contributed by atoms with van der Waals surface area (Å²) >= 11 is 0. The maximum atomic E-state index is 12.7. The quantitative estimate of drug-likeness (QED) is 0.306. The number of carbonyl (C=O) groups excluding carboxylic acids is 1. The number of hydrogen-bond donors (Lipinski definition) is 0. The van der Waals surface area contributed by atoms with E-state index in [1.54, 1.807) is 5.57 Å². The summed E-state index contributed by atoms with van der Waals surface area (Å²) in [6, 6.07) is 20.6. The zero-order chi connectivity index (χ0) is 25.6. The monoisotopic (exact) mass is 496 g/mol. The summed E-state index contributed by atoms with van der Waals surface area (Å²) in [7, 11) is 0. The van der Waals surface area contributed by atoms with Crippen LogP contribution in [-0.4, -0.2) is 12.1 Å². The standard InChI is InChI=1S/C35H44O2/c1-24(22-25-10-6-4-7-11-25)30-16-17-31-29-15-14-27-23-28(37-33(36)26-12-8-5-9-13-26)18-20-34(27,2)32(29)19-21-35(30,31)3/h4-14,24,28-32H,15-23H2,1-3H3/t24-,28-,29-,30-,31-,32-,34+,35-/m1/s1. The van der Waals surface area contributed by atoms with Crippen molar-refractivity contribution in [2.75, 3.05) is 0 Å². The Morgan fingerprint density at radius 3 is 2.41 bits per heavy atom. The van der Waals surface area contributed by atoms with Gasteiger partial charge in [-0.2, -0.15) is 0 Å². The molecule has 0 aliphatic heterocycles. The van der Waals surface area contributed by atoms with Crippen molar-refractivity contribution < 1.29 is 9.53 Å². The average molecular weight is 497 g/mol. The predicted octanol–water partition coefficient (Wildman–Crippen LogP) is 8.67. The lowest BCUT2D eigenvalue weighted by Gasteiger charge is -2.58. The third-order valence-electron chi connectivity index (χ3n) is 11.5. The molecule has 0 heterocycles. The fourth-order valence-electron chi connectivity index (χ4n) is 9.63. The molecule has 8 atom stereocenters. The first-order valence-corrected chi connectivity index (χ1v) is 14.9. The van der Waals surface area contributed by atoms with Crippen LogP contribution in [0.15, 0.2) is 72.3 Å². The molecule has 2 heteroatoms. The van der Waals surface area contributed by atoms with Gasteiger partial charge >= 0.3 is 5.97 Å². The molecule has 2 aromatic rings. The number of esters is 1. The van der Waals surface area contributed by atoms with E-state index < -0.39 is 0 Å². The summed E-state index contributed by atoms with van der Waals surface area (Å²) in [6.07, 6.45) is 13.7. The van der Waals surface area contributed by atoms with Gasteiger partial charge in [0.1, 0.15) is 6.10 Å². The van der Waals surface area contributed by atoms with E-state index in [0.29, 0.717) is 11.0 Å². The van der Waals surface area contributed by atoms with Gasteiger partial charge in [-0.15, -0.1) is 0 Å². The fraction of sp³-hybridized carbons (Fsp3) is 0.571. The summed E-state index contributed by atoms with van der Waals surface area (Å²) in [5.74, 6) is 3.89. The molecule has 37 heavy (non-hydrogen) atoms. The summed E-state index contributed by atoms with van der Waals surface area (Å²) in [4.78, 5) is 12.7. The molecule has 0 unspecified atom stereocenters. The molecule has 0 spiro atoms. The zero-order valence-corrected chi connectivity index (χ0v) is 23.0. The predicted molar refractivity (Wildman–Crippen MR) is 150 cm³/mol. The van der Waals surface area contributed by atoms with Crippen molar-refractivity contribution in [2.45, 2.75) is 84.7 Å². The molecule has 0 aromatic heterocycles. The van der Waals surface area contributed by atoms with Gasteiger partial charge in [-0.3, -0.25) is 0 Å². The third kappa shape index (κ3) is 4.39. The summed E-state index contributed by atoms with van der Waals surface area (Å²) in [6.45, 7) is 7.74. The van der Waals surface area contributed by atoms with E-state index in [2.05, 4.69) is 57.2 Å². The molecule has 196 valence electrons. The molecule has 0 N–H and O–H groups in total. The Morgan fingerprint density at radius 1 is 0.919 bits per heavy atom. The lowest BCUT2D eigenvalue weighted by Crippen LogP contribution is -2.51. The van der Waals surface area contributed by atoms with Crippen LogP contribution >= 0.6 is 0 Å². The summed E-state index contributed by atoms with van der Waals surface area (Å²) < 4.78 is 6.00. The number of carbonyl (C=O) groups is 1. The molecule has 3 fully saturated rings. The highest BCUT2D eigenvalue weighted by Gasteiger charge is 2.59. The van der Waals surface area contributed by atoms with Gasteiger partial charge in [0, 0.05) is 6.42 Å². The molecular formula is C35H44O2. The topological polar surface area (TPSA) is 26.3 Å². The van der Waals surface area contributed by atoms with Crippen molar-refractivity contribution in [3.63, 3.8) is 0 Å². The van der Waals surface area contributed by atoms with Crippen molar-refractivity contribution in [1.29, 1.82) is 0 Å². The van der Waals surface area contributed by atoms with Crippen LogP contribution in [0.25, 0.3) is 0 Å². The molecule has 2 nitrogen and oxygen atoms in total. The molecule has 0 bridgehead atoms. The van der Waals surface area contributed by atoms with Crippen molar-refractivity contribution in [3.8, 4) is 0 Å². The molecular weight excluding hydrogens is 452 g/mol. The van der Waals surface area contributed by atoms with Gasteiger partial charge in [0.05, 0.1) is 5.56 Å². The number of fused-ring (bicyclic) bond motifs is 5. The van der Waals surface area contributed by atoms with Crippen LogP contribution < -0.4 is 0 Å². The smallest absolute Gasteiger partial charge is 0.338 e. The lowest BCUT2D eigenvalue weighted by atomic mass is 9.47. The van der Waals surface area contributed by atoms with Crippen LogP contribution in [-0.2, 0) is 11.2 Å². The van der Waals surface area contributed by atoms with Gasteiger partial charge in [0.15, 0.2) is 0 Å². The molecule has 0 saturated heterocycles. The number of hydrogen-bond acceptors (Lipinski definition) is 2. The first-order valence-electron chi connectivity index (χ1n) is 14.9. The number of ether oxygens (including phenoxy) is 1. The maximum Gasteiger partial charge on any atom is 0.338 e. The van der Waals surface area contributed by atoms with E-state index in [1.807, 2.05) is 30.3 Å². The van der Waals surface area contributed by atoms with Crippen molar-refractivity contribution >= 4 is 5.97 Å². The highest BCUT2D eigenvalue weighted by molar-refractivity contribution is 5.89. The zero-order valence-electron chi connectivity index (χ0n) is 23.0. The minimum atomic E-state index is -0.168. The Balaban J connectivity index is 1.15. The molecule has 4 aliphatic rings. The van der Waals surface area contributed by atoms with E-state index in [9.17, 15) is 4.79 Å². The molecule has 3 saturated carbocycles. The first-order chi connectivity index (χ1) is 17.9. The summed E-state index contributed by atoms with van der Waals surface area (Å²) in [5.41, 5.74) is 4.52. The Bertz CT molecular complexity index is 1140. The van der Waals surface area contributed by atoms with Gasteiger partial charge in [0.25, 0.3) is 0 Å². The van der Waals surface area contributed by atoms with E-state index in [0.717, 1.165) is 48.9 Å². The maximum absolute atomic E-state index is 12.7. The number of allylic oxidation sites excluding steroid dienone is 1. The van der Waals surface area contributed by atoms with E-state index in [-0.39, 0.29) is 17.5 Å². The van der Waals surface area contributed by atoms with Gasteiger partial charge in [0.2, 0.25) is 0 Å². The molecule has 4 aliphatic carbocycles. The SMILES string of the molecule is C[C@H](Cc1ccccc1)[C@H]1CC[C@@H]2[C@H]3CC=C4C[C@H](OC(=O)c5ccccc5)CC[C@]4(C)[C@@H]3CC[C@@]21C.